The van der Waals surface area contributed by atoms with Crippen LogP contribution < -0.4 is 11.1 Å². The number of fused-ring (bicyclic) bond motifs is 1. The molecule has 0 spiro atoms. The van der Waals surface area contributed by atoms with Crippen LogP contribution in [0.25, 0.3) is 11.0 Å². The zero-order chi connectivity index (χ0) is 13.6. The lowest BCUT2D eigenvalue weighted by atomic mass is 10.2. The van der Waals surface area contributed by atoms with Gasteiger partial charge in [-0.3, -0.25) is 9.36 Å². The summed E-state index contributed by atoms with van der Waals surface area (Å²) in [5.41, 5.74) is 8.83. The smallest absolute Gasteiger partial charge is 0.243 e. The van der Waals surface area contributed by atoms with E-state index in [-0.39, 0.29) is 11.9 Å². The monoisotopic (exact) mass is 258 g/mol. The van der Waals surface area contributed by atoms with Gasteiger partial charge in [0.15, 0.2) is 0 Å². The lowest BCUT2D eigenvalue weighted by Crippen LogP contribution is -2.32. The summed E-state index contributed by atoms with van der Waals surface area (Å²) in [7, 11) is 0. The van der Waals surface area contributed by atoms with Crippen LogP contribution in [-0.2, 0) is 4.79 Å². The van der Waals surface area contributed by atoms with Crippen LogP contribution in [0.1, 0.15) is 31.4 Å². The Hall–Kier alpha value is -2.04. The second kappa shape index (κ2) is 4.26. The number of nitrogens with two attached hydrogens (primary N) is 1. The Kier molecular flexibility index (Phi) is 2.69. The van der Waals surface area contributed by atoms with E-state index >= 15 is 0 Å². The number of amides is 1. The van der Waals surface area contributed by atoms with Crippen molar-refractivity contribution < 1.29 is 4.79 Å². The first-order valence-corrected chi connectivity index (χ1v) is 6.60. The zero-order valence-corrected chi connectivity index (χ0v) is 11.2. The van der Waals surface area contributed by atoms with Gasteiger partial charge in [0.1, 0.15) is 6.04 Å². The van der Waals surface area contributed by atoms with Crippen LogP contribution in [0, 0.1) is 6.92 Å². The highest BCUT2D eigenvalue weighted by Crippen LogP contribution is 2.25. The quantitative estimate of drug-likeness (QED) is 0.881. The summed E-state index contributed by atoms with van der Waals surface area (Å²) < 4.78 is 1.80. The van der Waals surface area contributed by atoms with Crippen LogP contribution in [0.5, 0.6) is 0 Å². The third kappa shape index (κ3) is 2.16. The minimum atomic E-state index is -0.340. The molecule has 0 radical (unpaired) electrons. The molecule has 0 saturated heterocycles. The van der Waals surface area contributed by atoms with Crippen LogP contribution in [0.4, 0.5) is 5.95 Å². The highest BCUT2D eigenvalue weighted by molar-refractivity contribution is 5.86. The van der Waals surface area contributed by atoms with Crippen molar-refractivity contribution >= 4 is 22.9 Å². The van der Waals surface area contributed by atoms with Crippen LogP contribution in [-0.4, -0.2) is 21.5 Å². The molecule has 100 valence electrons. The molecular formula is C14H18N4O. The third-order valence-electron chi connectivity index (χ3n) is 3.56. The number of carbonyl (C=O) groups excluding carboxylic acids is 1. The lowest BCUT2D eigenvalue weighted by molar-refractivity contribution is -0.123. The molecule has 3 rings (SSSR count). The number of nitrogens with one attached hydrogen (secondary N) is 1. The second-order valence-corrected chi connectivity index (χ2v) is 5.29. The van der Waals surface area contributed by atoms with E-state index in [0.717, 1.165) is 29.4 Å². The molecule has 1 aromatic carbocycles. The number of benzene rings is 1. The summed E-state index contributed by atoms with van der Waals surface area (Å²) in [5.74, 6) is 0.396. The van der Waals surface area contributed by atoms with Gasteiger partial charge in [0.05, 0.1) is 11.0 Å². The van der Waals surface area contributed by atoms with Crippen molar-refractivity contribution in [3.05, 3.63) is 23.8 Å². The normalized spacial score (nSPS) is 16.5. The molecule has 1 aliphatic rings. The number of hydrogen-bond acceptors (Lipinski definition) is 3. The molecule has 0 aliphatic heterocycles. The number of nitrogen functional groups attached to an aromatic ring is 1. The number of aryl methyl sites for hydroxylation is 1. The Bertz CT molecular complexity index is 642. The number of hydrogen-bond donors (Lipinski definition) is 2. The van der Waals surface area contributed by atoms with Gasteiger partial charge in [0, 0.05) is 6.04 Å². The van der Waals surface area contributed by atoms with Gasteiger partial charge in [0.2, 0.25) is 11.9 Å². The predicted molar refractivity (Wildman–Crippen MR) is 74.8 cm³/mol. The van der Waals surface area contributed by atoms with Crippen molar-refractivity contribution in [2.75, 3.05) is 5.73 Å². The Morgan fingerprint density at radius 3 is 2.95 bits per heavy atom. The fourth-order valence-corrected chi connectivity index (χ4v) is 2.30. The first-order valence-electron chi connectivity index (χ1n) is 6.60. The molecule has 1 atom stereocenters. The summed E-state index contributed by atoms with van der Waals surface area (Å²) in [5, 5.41) is 3.00. The molecule has 1 unspecified atom stereocenters. The topological polar surface area (TPSA) is 72.9 Å². The van der Waals surface area contributed by atoms with Gasteiger partial charge in [-0.2, -0.15) is 0 Å². The third-order valence-corrected chi connectivity index (χ3v) is 3.56. The molecule has 1 amide bonds. The van der Waals surface area contributed by atoms with E-state index in [1.165, 1.54) is 0 Å². The summed E-state index contributed by atoms with van der Waals surface area (Å²) in [6.07, 6.45) is 2.16. The molecule has 1 aromatic heterocycles. The van der Waals surface area contributed by atoms with Crippen molar-refractivity contribution in [1.82, 2.24) is 14.9 Å². The fraction of sp³-hybridized carbons (Fsp3) is 0.429. The maximum absolute atomic E-state index is 12.1. The van der Waals surface area contributed by atoms with E-state index in [2.05, 4.69) is 10.3 Å². The van der Waals surface area contributed by atoms with Crippen LogP contribution in [0.15, 0.2) is 18.2 Å². The summed E-state index contributed by atoms with van der Waals surface area (Å²) in [6, 6.07) is 5.97. The number of carbonyl (C=O) groups is 1. The van der Waals surface area contributed by atoms with Gasteiger partial charge in [-0.05, 0) is 44.4 Å². The van der Waals surface area contributed by atoms with E-state index in [1.54, 1.807) is 4.57 Å². The highest BCUT2D eigenvalue weighted by Gasteiger charge is 2.27. The van der Waals surface area contributed by atoms with E-state index in [1.807, 2.05) is 32.0 Å². The van der Waals surface area contributed by atoms with Crippen molar-refractivity contribution in [3.8, 4) is 0 Å². The Morgan fingerprint density at radius 2 is 2.26 bits per heavy atom. The number of aromatic nitrogens is 2. The summed E-state index contributed by atoms with van der Waals surface area (Å²) in [4.78, 5) is 16.5. The largest absolute Gasteiger partial charge is 0.369 e. The number of rotatable bonds is 3. The van der Waals surface area contributed by atoms with Crippen LogP contribution in [0.3, 0.4) is 0 Å². The number of nitrogens with zero attached hydrogens (tertiary/aromatic N) is 2. The van der Waals surface area contributed by atoms with Gasteiger partial charge in [-0.15, -0.1) is 0 Å². The molecule has 1 saturated carbocycles. The molecule has 5 heteroatoms. The molecule has 3 N–H and O–H groups in total. The first kappa shape index (κ1) is 12.0. The minimum absolute atomic E-state index is 0.00840. The van der Waals surface area contributed by atoms with Crippen LogP contribution >= 0.6 is 0 Å². The van der Waals surface area contributed by atoms with Crippen molar-refractivity contribution in [1.29, 1.82) is 0 Å². The van der Waals surface area contributed by atoms with Crippen molar-refractivity contribution in [3.63, 3.8) is 0 Å². The molecular weight excluding hydrogens is 240 g/mol. The first-order chi connectivity index (χ1) is 9.06. The zero-order valence-electron chi connectivity index (χ0n) is 11.2. The minimum Gasteiger partial charge on any atom is -0.369 e. The maximum Gasteiger partial charge on any atom is 0.243 e. The van der Waals surface area contributed by atoms with Gasteiger partial charge < -0.3 is 11.1 Å². The number of anilines is 1. The predicted octanol–water partition coefficient (Wildman–Crippen LogP) is 1.77. The van der Waals surface area contributed by atoms with Gasteiger partial charge in [0.25, 0.3) is 0 Å². The fourth-order valence-electron chi connectivity index (χ4n) is 2.30. The Morgan fingerprint density at radius 1 is 1.53 bits per heavy atom. The van der Waals surface area contributed by atoms with E-state index in [4.69, 9.17) is 5.73 Å². The SMILES string of the molecule is Cc1ccc2c(c1)nc(N)n2C(C)C(=O)NC1CC1. The van der Waals surface area contributed by atoms with E-state index in [9.17, 15) is 4.79 Å². The second-order valence-electron chi connectivity index (χ2n) is 5.29. The van der Waals surface area contributed by atoms with Crippen molar-refractivity contribution in [2.24, 2.45) is 0 Å². The average Bonchev–Trinajstić information content (AvgIpc) is 3.10. The Labute approximate surface area is 111 Å². The van der Waals surface area contributed by atoms with E-state index in [0.29, 0.717) is 12.0 Å². The van der Waals surface area contributed by atoms with Crippen LogP contribution in [0.2, 0.25) is 0 Å². The molecule has 1 heterocycles. The molecule has 0 bridgehead atoms. The molecule has 2 aromatic rings. The molecule has 5 nitrogen and oxygen atoms in total. The number of imidazole rings is 1. The van der Waals surface area contributed by atoms with Crippen molar-refractivity contribution in [2.45, 2.75) is 38.8 Å². The molecule has 1 aliphatic carbocycles. The summed E-state index contributed by atoms with van der Waals surface area (Å²) >= 11 is 0. The average molecular weight is 258 g/mol. The maximum atomic E-state index is 12.1. The standard InChI is InChI=1S/C14H18N4O/c1-8-3-6-12-11(7-8)17-14(15)18(12)9(2)13(19)16-10-4-5-10/h3,6-7,9-10H,4-5H2,1-2H3,(H2,15,17)(H,16,19). The van der Waals surface area contributed by atoms with Gasteiger partial charge in [-0.25, -0.2) is 4.98 Å². The highest BCUT2D eigenvalue weighted by atomic mass is 16.2. The Balaban J connectivity index is 1.98. The lowest BCUT2D eigenvalue weighted by Gasteiger charge is -2.15. The molecule has 1 fully saturated rings. The summed E-state index contributed by atoms with van der Waals surface area (Å²) in [6.45, 7) is 3.87. The van der Waals surface area contributed by atoms with Gasteiger partial charge >= 0.3 is 0 Å². The van der Waals surface area contributed by atoms with E-state index < -0.39 is 0 Å². The van der Waals surface area contributed by atoms with Gasteiger partial charge in [-0.1, -0.05) is 6.07 Å². The molecule has 19 heavy (non-hydrogen) atoms.